The second-order valence-corrected chi connectivity index (χ2v) is 6.18. The standard InChI is InChI=1S/C17H28BrNO2/c1-5-8-13(4)12-21-17-15(18)9-14(11-19-6-2)10-16(17)20-7-3/h9-10,13,19H,5-8,11-12H2,1-4H3. The van der Waals surface area contributed by atoms with Gasteiger partial charge < -0.3 is 14.8 Å². The number of rotatable bonds is 10. The molecule has 4 heteroatoms. The summed E-state index contributed by atoms with van der Waals surface area (Å²) in [5.41, 5.74) is 1.20. The Balaban J connectivity index is 2.85. The van der Waals surface area contributed by atoms with Crippen molar-refractivity contribution in [2.24, 2.45) is 5.92 Å². The third-order valence-corrected chi connectivity index (χ3v) is 3.83. The molecule has 0 saturated heterocycles. The van der Waals surface area contributed by atoms with Crippen molar-refractivity contribution in [2.45, 2.75) is 47.1 Å². The zero-order chi connectivity index (χ0) is 15.7. The van der Waals surface area contributed by atoms with Crippen LogP contribution in [0.5, 0.6) is 11.5 Å². The van der Waals surface area contributed by atoms with E-state index < -0.39 is 0 Å². The molecule has 0 aliphatic heterocycles. The van der Waals surface area contributed by atoms with Crippen LogP contribution in [0.4, 0.5) is 0 Å². The van der Waals surface area contributed by atoms with Crippen molar-refractivity contribution in [1.82, 2.24) is 5.32 Å². The molecule has 0 spiro atoms. The van der Waals surface area contributed by atoms with Gasteiger partial charge in [0.15, 0.2) is 11.5 Å². The van der Waals surface area contributed by atoms with Crippen LogP contribution in [-0.4, -0.2) is 19.8 Å². The predicted molar refractivity (Wildman–Crippen MR) is 92.3 cm³/mol. The first kappa shape index (κ1) is 18.3. The molecule has 3 nitrogen and oxygen atoms in total. The Morgan fingerprint density at radius 1 is 1.19 bits per heavy atom. The highest BCUT2D eigenvalue weighted by Gasteiger charge is 2.13. The number of nitrogens with one attached hydrogen (secondary N) is 1. The minimum Gasteiger partial charge on any atom is -0.490 e. The van der Waals surface area contributed by atoms with Crippen LogP contribution in [0.15, 0.2) is 16.6 Å². The molecule has 0 aromatic heterocycles. The smallest absolute Gasteiger partial charge is 0.175 e. The number of halogens is 1. The van der Waals surface area contributed by atoms with Crippen LogP contribution >= 0.6 is 15.9 Å². The Bertz CT molecular complexity index is 423. The Kier molecular flexibility index (Phi) is 8.77. The first-order valence-electron chi connectivity index (χ1n) is 7.91. The van der Waals surface area contributed by atoms with Gasteiger partial charge in [-0.2, -0.15) is 0 Å². The van der Waals surface area contributed by atoms with E-state index >= 15 is 0 Å². The molecule has 1 aromatic carbocycles. The first-order valence-corrected chi connectivity index (χ1v) is 8.70. The lowest BCUT2D eigenvalue weighted by Gasteiger charge is -2.18. The third kappa shape index (κ3) is 6.27. The molecular formula is C17H28BrNO2. The molecule has 0 fully saturated rings. The molecule has 0 aliphatic rings. The van der Waals surface area contributed by atoms with Crippen LogP contribution in [0.2, 0.25) is 0 Å². The summed E-state index contributed by atoms with van der Waals surface area (Å²) in [5.74, 6) is 2.20. The molecule has 0 aliphatic carbocycles. The highest BCUT2D eigenvalue weighted by atomic mass is 79.9. The average Bonchev–Trinajstić information content (AvgIpc) is 2.45. The molecule has 0 saturated carbocycles. The molecule has 21 heavy (non-hydrogen) atoms. The van der Waals surface area contributed by atoms with Gasteiger partial charge in [-0.25, -0.2) is 0 Å². The van der Waals surface area contributed by atoms with Gasteiger partial charge in [0.2, 0.25) is 0 Å². The SMILES string of the molecule is CCCC(C)COc1c(Br)cc(CNCC)cc1OCC. The maximum atomic E-state index is 6.00. The molecule has 1 N–H and O–H groups in total. The molecule has 0 bridgehead atoms. The molecule has 0 amide bonds. The Morgan fingerprint density at radius 3 is 2.57 bits per heavy atom. The van der Waals surface area contributed by atoms with Gasteiger partial charge in [0.05, 0.1) is 17.7 Å². The number of ether oxygens (including phenoxy) is 2. The van der Waals surface area contributed by atoms with Crippen molar-refractivity contribution in [1.29, 1.82) is 0 Å². The maximum Gasteiger partial charge on any atom is 0.175 e. The van der Waals surface area contributed by atoms with Gasteiger partial charge in [0, 0.05) is 6.54 Å². The predicted octanol–water partition coefficient (Wildman–Crippen LogP) is 4.77. The van der Waals surface area contributed by atoms with E-state index in [1.165, 1.54) is 18.4 Å². The average molecular weight is 358 g/mol. The molecule has 0 radical (unpaired) electrons. The second-order valence-electron chi connectivity index (χ2n) is 5.32. The summed E-state index contributed by atoms with van der Waals surface area (Å²) in [5, 5.41) is 3.33. The Morgan fingerprint density at radius 2 is 1.95 bits per heavy atom. The van der Waals surface area contributed by atoms with E-state index in [9.17, 15) is 0 Å². The molecule has 1 rings (SSSR count). The topological polar surface area (TPSA) is 30.5 Å². The first-order chi connectivity index (χ1) is 10.1. The zero-order valence-electron chi connectivity index (χ0n) is 13.7. The van der Waals surface area contributed by atoms with Crippen molar-refractivity contribution >= 4 is 15.9 Å². The number of benzene rings is 1. The van der Waals surface area contributed by atoms with Gasteiger partial charge in [-0.3, -0.25) is 0 Å². The monoisotopic (exact) mass is 357 g/mol. The minimum absolute atomic E-state index is 0.554. The van der Waals surface area contributed by atoms with Crippen molar-refractivity contribution in [2.75, 3.05) is 19.8 Å². The van der Waals surface area contributed by atoms with E-state index in [-0.39, 0.29) is 0 Å². The summed E-state index contributed by atoms with van der Waals surface area (Å²) in [7, 11) is 0. The van der Waals surface area contributed by atoms with Crippen molar-refractivity contribution in [3.05, 3.63) is 22.2 Å². The lowest BCUT2D eigenvalue weighted by atomic mass is 10.1. The Hall–Kier alpha value is -0.740. The van der Waals surface area contributed by atoms with Crippen molar-refractivity contribution in [3.8, 4) is 11.5 Å². The van der Waals surface area contributed by atoms with Gasteiger partial charge in [0.1, 0.15) is 0 Å². The fourth-order valence-electron chi connectivity index (χ4n) is 2.20. The van der Waals surface area contributed by atoms with Crippen LogP contribution in [0, 0.1) is 5.92 Å². The summed E-state index contributed by atoms with van der Waals surface area (Å²) in [6.45, 7) is 11.7. The van der Waals surface area contributed by atoms with Crippen LogP contribution in [-0.2, 0) is 6.54 Å². The molecule has 120 valence electrons. The molecule has 1 aromatic rings. The third-order valence-electron chi connectivity index (χ3n) is 3.24. The maximum absolute atomic E-state index is 6.00. The largest absolute Gasteiger partial charge is 0.490 e. The Labute approximate surface area is 137 Å². The molecule has 0 heterocycles. The quantitative estimate of drug-likeness (QED) is 0.653. The van der Waals surface area contributed by atoms with E-state index in [0.717, 1.165) is 35.7 Å². The van der Waals surface area contributed by atoms with E-state index in [2.05, 4.69) is 54.2 Å². The second kappa shape index (κ2) is 10.1. The van der Waals surface area contributed by atoms with E-state index in [1.54, 1.807) is 0 Å². The highest BCUT2D eigenvalue weighted by molar-refractivity contribution is 9.10. The summed E-state index contributed by atoms with van der Waals surface area (Å²) in [6.07, 6.45) is 2.37. The lowest BCUT2D eigenvalue weighted by molar-refractivity contribution is 0.232. The van der Waals surface area contributed by atoms with Crippen LogP contribution < -0.4 is 14.8 Å². The van der Waals surface area contributed by atoms with Crippen LogP contribution in [0.25, 0.3) is 0 Å². The van der Waals surface area contributed by atoms with Gasteiger partial charge in [-0.05, 0) is 59.4 Å². The van der Waals surface area contributed by atoms with E-state index in [0.29, 0.717) is 12.5 Å². The molecule has 1 atom stereocenters. The van der Waals surface area contributed by atoms with E-state index in [4.69, 9.17) is 9.47 Å². The van der Waals surface area contributed by atoms with Gasteiger partial charge in [0.25, 0.3) is 0 Å². The normalized spacial score (nSPS) is 12.2. The fourth-order valence-corrected chi connectivity index (χ4v) is 2.80. The molecular weight excluding hydrogens is 330 g/mol. The van der Waals surface area contributed by atoms with Gasteiger partial charge in [-0.15, -0.1) is 0 Å². The van der Waals surface area contributed by atoms with Crippen molar-refractivity contribution < 1.29 is 9.47 Å². The fraction of sp³-hybridized carbons (Fsp3) is 0.647. The van der Waals surface area contributed by atoms with Crippen LogP contribution in [0.1, 0.15) is 46.1 Å². The highest BCUT2D eigenvalue weighted by Crippen LogP contribution is 2.37. The number of hydrogen-bond acceptors (Lipinski definition) is 3. The van der Waals surface area contributed by atoms with Crippen molar-refractivity contribution in [3.63, 3.8) is 0 Å². The van der Waals surface area contributed by atoms with E-state index in [1.807, 2.05) is 6.92 Å². The summed E-state index contributed by atoms with van der Waals surface area (Å²) in [4.78, 5) is 0. The van der Waals surface area contributed by atoms with Gasteiger partial charge >= 0.3 is 0 Å². The van der Waals surface area contributed by atoms with Gasteiger partial charge in [-0.1, -0.05) is 27.2 Å². The number of hydrogen-bond donors (Lipinski definition) is 1. The summed E-state index contributed by atoms with van der Waals surface area (Å²) >= 11 is 3.62. The minimum atomic E-state index is 0.554. The lowest BCUT2D eigenvalue weighted by Crippen LogP contribution is -2.13. The van der Waals surface area contributed by atoms with Crippen LogP contribution in [0.3, 0.4) is 0 Å². The summed E-state index contributed by atoms with van der Waals surface area (Å²) < 4.78 is 12.7. The summed E-state index contributed by atoms with van der Waals surface area (Å²) in [6, 6.07) is 4.17. The zero-order valence-corrected chi connectivity index (χ0v) is 15.3. The molecule has 1 unspecified atom stereocenters.